The number of carbonyl (C=O) groups is 1. The number of hydrogen-bond acceptors (Lipinski definition) is 3. The Hall–Kier alpha value is -1.84. The molecule has 1 heterocycles. The topological polar surface area (TPSA) is 52.9 Å². The maximum Gasteiger partial charge on any atom is 0.230 e. The quantitative estimate of drug-likeness (QED) is 0.622. The van der Waals surface area contributed by atoms with Crippen molar-refractivity contribution in [2.45, 2.75) is 32.1 Å². The van der Waals surface area contributed by atoms with E-state index in [-0.39, 0.29) is 11.8 Å². The van der Waals surface area contributed by atoms with Crippen LogP contribution in [0.5, 0.6) is 0 Å². The Morgan fingerprint density at radius 1 is 1.26 bits per heavy atom. The summed E-state index contributed by atoms with van der Waals surface area (Å²) in [4.78, 5) is 14.4. The number of oxime groups is 1. The summed E-state index contributed by atoms with van der Waals surface area (Å²) in [5.41, 5.74) is 2.46. The van der Waals surface area contributed by atoms with Gasteiger partial charge in [-0.2, -0.15) is 0 Å². The van der Waals surface area contributed by atoms with E-state index in [9.17, 15) is 4.79 Å². The Kier molecular flexibility index (Phi) is 3.23. The van der Waals surface area contributed by atoms with Crippen LogP contribution in [0.3, 0.4) is 0 Å². The number of nitrogens with zero attached hydrogens (tertiary/aromatic N) is 2. The summed E-state index contributed by atoms with van der Waals surface area (Å²) in [5.74, 6) is 0.429. The van der Waals surface area contributed by atoms with E-state index in [1.165, 1.54) is 0 Å². The van der Waals surface area contributed by atoms with E-state index in [0.717, 1.165) is 36.9 Å². The van der Waals surface area contributed by atoms with Gasteiger partial charge in [-0.05, 0) is 31.7 Å². The largest absolute Gasteiger partial charge is 0.411 e. The summed E-state index contributed by atoms with van der Waals surface area (Å²) >= 11 is 0. The Labute approximate surface area is 112 Å². The first kappa shape index (κ1) is 12.2. The van der Waals surface area contributed by atoms with Gasteiger partial charge in [-0.25, -0.2) is 0 Å². The minimum absolute atomic E-state index is 0.195. The summed E-state index contributed by atoms with van der Waals surface area (Å²) in [5, 5.41) is 12.5. The lowest BCUT2D eigenvalue weighted by molar-refractivity contribution is -0.124. The van der Waals surface area contributed by atoms with E-state index in [2.05, 4.69) is 5.16 Å². The summed E-state index contributed by atoms with van der Waals surface area (Å²) in [6.07, 6.45) is 4.74. The van der Waals surface area contributed by atoms with Crippen molar-refractivity contribution in [2.75, 3.05) is 11.4 Å². The average molecular weight is 258 g/mol. The van der Waals surface area contributed by atoms with Gasteiger partial charge in [0.1, 0.15) is 0 Å². The van der Waals surface area contributed by atoms with Gasteiger partial charge in [0.25, 0.3) is 0 Å². The molecule has 1 aromatic carbocycles. The molecule has 4 nitrogen and oxygen atoms in total. The number of carbonyl (C=O) groups excluding carboxylic acids is 1. The Morgan fingerprint density at radius 3 is 2.74 bits per heavy atom. The third-order valence-corrected chi connectivity index (χ3v) is 4.14. The molecule has 1 aliphatic carbocycles. The zero-order chi connectivity index (χ0) is 13.2. The normalized spacial score (nSPS) is 21.7. The molecule has 0 radical (unpaired) electrons. The molecular weight excluding hydrogens is 240 g/mol. The molecule has 0 unspecified atom stereocenters. The van der Waals surface area contributed by atoms with Gasteiger partial charge in [0, 0.05) is 18.0 Å². The highest BCUT2D eigenvalue weighted by molar-refractivity contribution is 6.09. The van der Waals surface area contributed by atoms with Crippen molar-refractivity contribution < 1.29 is 10.0 Å². The average Bonchev–Trinajstić information content (AvgIpc) is 2.55. The number of anilines is 1. The summed E-state index contributed by atoms with van der Waals surface area (Å²) in [6.45, 7) is 0.714. The molecule has 100 valence electrons. The molecule has 0 bridgehead atoms. The van der Waals surface area contributed by atoms with Gasteiger partial charge < -0.3 is 10.1 Å². The van der Waals surface area contributed by atoms with Crippen LogP contribution in [0.15, 0.2) is 29.4 Å². The van der Waals surface area contributed by atoms with Gasteiger partial charge >= 0.3 is 0 Å². The molecule has 4 heteroatoms. The molecule has 3 rings (SSSR count). The molecule has 0 spiro atoms. The van der Waals surface area contributed by atoms with Crippen molar-refractivity contribution in [3.8, 4) is 0 Å². The molecule has 1 fully saturated rings. The minimum atomic E-state index is 0.195. The van der Waals surface area contributed by atoms with Crippen LogP contribution < -0.4 is 4.90 Å². The van der Waals surface area contributed by atoms with Crippen LogP contribution in [0, 0.1) is 5.92 Å². The summed E-state index contributed by atoms with van der Waals surface area (Å²) in [7, 11) is 0. The zero-order valence-corrected chi connectivity index (χ0v) is 10.9. The number of hydrogen-bond donors (Lipinski definition) is 1. The van der Waals surface area contributed by atoms with Gasteiger partial charge in [-0.15, -0.1) is 0 Å². The smallest absolute Gasteiger partial charge is 0.230 e. The van der Waals surface area contributed by atoms with Crippen LogP contribution in [0.1, 0.15) is 37.7 Å². The second kappa shape index (κ2) is 5.03. The first-order valence-electron chi connectivity index (χ1n) is 6.93. The summed E-state index contributed by atoms with van der Waals surface area (Å²) < 4.78 is 0. The second-order valence-corrected chi connectivity index (χ2v) is 5.29. The number of amides is 1. The van der Waals surface area contributed by atoms with E-state index < -0.39 is 0 Å². The summed E-state index contributed by atoms with van der Waals surface area (Å²) in [6, 6.07) is 7.72. The first-order valence-corrected chi connectivity index (χ1v) is 6.93. The van der Waals surface area contributed by atoms with Crippen molar-refractivity contribution in [1.29, 1.82) is 0 Å². The lowest BCUT2D eigenvalue weighted by Crippen LogP contribution is -2.39. The SMILES string of the molecule is O=C(C1CCC1)N1CCC/C(=N/O)c2ccccc21. The fraction of sp³-hybridized carbons (Fsp3) is 0.467. The van der Waals surface area contributed by atoms with Crippen LogP contribution >= 0.6 is 0 Å². The van der Waals surface area contributed by atoms with Crippen molar-refractivity contribution >= 4 is 17.3 Å². The van der Waals surface area contributed by atoms with Gasteiger partial charge in [0.2, 0.25) is 5.91 Å². The molecule has 1 aliphatic heterocycles. The van der Waals surface area contributed by atoms with Crippen LogP contribution in [-0.2, 0) is 4.79 Å². The van der Waals surface area contributed by atoms with Crippen LogP contribution in [0.25, 0.3) is 0 Å². The standard InChI is InChI=1S/C15H18N2O2/c18-15(11-5-3-6-11)17-10-4-8-13(16-19)12-7-1-2-9-14(12)17/h1-2,7,9,11,19H,3-6,8,10H2/b16-13-. The van der Waals surface area contributed by atoms with Gasteiger partial charge in [-0.1, -0.05) is 29.8 Å². The Morgan fingerprint density at radius 2 is 2.05 bits per heavy atom. The van der Waals surface area contributed by atoms with Crippen LogP contribution in [-0.4, -0.2) is 23.4 Å². The second-order valence-electron chi connectivity index (χ2n) is 5.29. The number of para-hydroxylation sites is 1. The Balaban J connectivity index is 1.99. The lowest BCUT2D eigenvalue weighted by Gasteiger charge is -2.31. The lowest BCUT2D eigenvalue weighted by atomic mass is 9.84. The van der Waals surface area contributed by atoms with Crippen molar-refractivity contribution in [3.63, 3.8) is 0 Å². The maximum absolute atomic E-state index is 12.5. The molecular formula is C15H18N2O2. The third-order valence-electron chi connectivity index (χ3n) is 4.14. The van der Waals surface area contributed by atoms with Gasteiger partial charge in [0.05, 0.1) is 11.4 Å². The van der Waals surface area contributed by atoms with E-state index in [1.807, 2.05) is 29.2 Å². The fourth-order valence-electron chi connectivity index (χ4n) is 2.82. The van der Waals surface area contributed by atoms with E-state index in [4.69, 9.17) is 5.21 Å². The van der Waals surface area contributed by atoms with Crippen molar-refractivity contribution in [3.05, 3.63) is 29.8 Å². The zero-order valence-electron chi connectivity index (χ0n) is 10.9. The highest BCUT2D eigenvalue weighted by atomic mass is 16.4. The molecule has 1 aromatic rings. The van der Waals surface area contributed by atoms with Crippen molar-refractivity contribution in [2.24, 2.45) is 11.1 Å². The van der Waals surface area contributed by atoms with E-state index >= 15 is 0 Å². The number of fused-ring (bicyclic) bond motifs is 1. The molecule has 0 atom stereocenters. The predicted octanol–water partition coefficient (Wildman–Crippen LogP) is 2.79. The predicted molar refractivity (Wildman–Crippen MR) is 73.7 cm³/mol. The van der Waals surface area contributed by atoms with Gasteiger partial charge in [0.15, 0.2) is 0 Å². The fourth-order valence-corrected chi connectivity index (χ4v) is 2.82. The number of rotatable bonds is 1. The third kappa shape index (κ3) is 2.11. The van der Waals surface area contributed by atoms with Crippen LogP contribution in [0.4, 0.5) is 5.69 Å². The van der Waals surface area contributed by atoms with Gasteiger partial charge in [-0.3, -0.25) is 4.79 Å². The van der Waals surface area contributed by atoms with Crippen LogP contribution in [0.2, 0.25) is 0 Å². The minimum Gasteiger partial charge on any atom is -0.411 e. The van der Waals surface area contributed by atoms with Crippen molar-refractivity contribution in [1.82, 2.24) is 0 Å². The number of benzene rings is 1. The molecule has 1 N–H and O–H groups in total. The monoisotopic (exact) mass is 258 g/mol. The highest BCUT2D eigenvalue weighted by Crippen LogP contribution is 2.33. The first-order chi connectivity index (χ1) is 9.31. The molecule has 0 aromatic heterocycles. The molecule has 1 saturated carbocycles. The molecule has 0 saturated heterocycles. The highest BCUT2D eigenvalue weighted by Gasteiger charge is 2.32. The molecule has 2 aliphatic rings. The molecule has 19 heavy (non-hydrogen) atoms. The Bertz CT molecular complexity index is 521. The van der Waals surface area contributed by atoms with E-state index in [1.54, 1.807) is 0 Å². The maximum atomic E-state index is 12.5. The molecule has 1 amide bonds. The van der Waals surface area contributed by atoms with E-state index in [0.29, 0.717) is 18.7 Å².